The van der Waals surface area contributed by atoms with Crippen molar-refractivity contribution < 1.29 is 13.5 Å². The molecular formula is C15H17F2NOS. The van der Waals surface area contributed by atoms with E-state index in [0.29, 0.717) is 23.4 Å². The van der Waals surface area contributed by atoms with Crippen molar-refractivity contribution >= 4 is 11.3 Å². The fourth-order valence-electron chi connectivity index (χ4n) is 2.12. The Balaban J connectivity index is 2.52. The summed E-state index contributed by atoms with van der Waals surface area (Å²) in [7, 11) is 1.57. The monoisotopic (exact) mass is 297 g/mol. The van der Waals surface area contributed by atoms with Gasteiger partial charge in [-0.2, -0.15) is 0 Å². The van der Waals surface area contributed by atoms with E-state index >= 15 is 0 Å². The van der Waals surface area contributed by atoms with Crippen LogP contribution in [0.1, 0.15) is 29.0 Å². The summed E-state index contributed by atoms with van der Waals surface area (Å²) in [6, 6.07) is 4.63. The molecule has 5 heteroatoms. The van der Waals surface area contributed by atoms with E-state index in [1.165, 1.54) is 11.3 Å². The number of ether oxygens (including phenoxy) is 1. The smallest absolute Gasteiger partial charge is 0.164 e. The van der Waals surface area contributed by atoms with Gasteiger partial charge >= 0.3 is 0 Å². The first-order chi connectivity index (χ1) is 9.60. The third-order valence-electron chi connectivity index (χ3n) is 3.16. The molecule has 0 aliphatic rings. The number of rotatable bonds is 5. The fraction of sp³-hybridized carbons (Fsp3) is 0.333. The molecular weight excluding hydrogens is 280 g/mol. The molecule has 1 heterocycles. The zero-order chi connectivity index (χ0) is 14.7. The summed E-state index contributed by atoms with van der Waals surface area (Å²) in [5.74, 6) is -0.909. The lowest BCUT2D eigenvalue weighted by atomic mass is 10.0. The number of hydrogen-bond acceptors (Lipinski definition) is 3. The van der Waals surface area contributed by atoms with Crippen molar-refractivity contribution in [2.45, 2.75) is 19.9 Å². The third kappa shape index (κ3) is 2.69. The van der Waals surface area contributed by atoms with E-state index in [9.17, 15) is 8.78 Å². The average molecular weight is 297 g/mol. The van der Waals surface area contributed by atoms with Gasteiger partial charge in [-0.3, -0.25) is 0 Å². The van der Waals surface area contributed by atoms with Crippen LogP contribution in [0.5, 0.6) is 5.75 Å². The lowest BCUT2D eigenvalue weighted by Crippen LogP contribution is -2.23. The van der Waals surface area contributed by atoms with Gasteiger partial charge in [0.25, 0.3) is 0 Å². The van der Waals surface area contributed by atoms with Crippen LogP contribution in [-0.4, -0.2) is 13.7 Å². The molecule has 0 aliphatic carbocycles. The van der Waals surface area contributed by atoms with E-state index in [1.807, 2.05) is 18.4 Å². The van der Waals surface area contributed by atoms with Crippen molar-refractivity contribution in [3.05, 3.63) is 51.2 Å². The lowest BCUT2D eigenvalue weighted by molar-refractivity contribution is 0.406. The predicted molar refractivity (Wildman–Crippen MR) is 77.5 cm³/mol. The molecule has 0 fully saturated rings. The molecule has 0 bridgehead atoms. The van der Waals surface area contributed by atoms with Crippen LogP contribution in [0.4, 0.5) is 8.78 Å². The van der Waals surface area contributed by atoms with Crippen molar-refractivity contribution in [3.8, 4) is 5.75 Å². The molecule has 1 aromatic heterocycles. The summed E-state index contributed by atoms with van der Waals surface area (Å²) < 4.78 is 33.3. The van der Waals surface area contributed by atoms with Gasteiger partial charge in [0.05, 0.1) is 18.0 Å². The molecule has 2 rings (SSSR count). The van der Waals surface area contributed by atoms with Gasteiger partial charge in [0.2, 0.25) is 0 Å². The predicted octanol–water partition coefficient (Wildman–Crippen LogP) is 4.04. The van der Waals surface area contributed by atoms with Gasteiger partial charge in [-0.1, -0.05) is 19.1 Å². The highest BCUT2D eigenvalue weighted by atomic mass is 32.1. The summed E-state index contributed by atoms with van der Waals surface area (Å²) in [6.45, 7) is 4.12. The molecule has 1 atom stereocenters. The first-order valence-electron chi connectivity index (χ1n) is 6.39. The van der Waals surface area contributed by atoms with Crippen molar-refractivity contribution in [3.63, 3.8) is 0 Å². The maximum Gasteiger partial charge on any atom is 0.164 e. The Hall–Kier alpha value is -1.46. The molecule has 0 saturated carbocycles. The second-order valence-electron chi connectivity index (χ2n) is 4.44. The molecule has 0 saturated heterocycles. The molecule has 2 aromatic rings. The summed E-state index contributed by atoms with van der Waals surface area (Å²) in [5.41, 5.74) is 0.607. The van der Waals surface area contributed by atoms with Crippen LogP contribution in [0.3, 0.4) is 0 Å². The Morgan fingerprint density at radius 3 is 2.65 bits per heavy atom. The zero-order valence-electron chi connectivity index (χ0n) is 11.7. The van der Waals surface area contributed by atoms with Gasteiger partial charge in [-0.25, -0.2) is 8.78 Å². The summed E-state index contributed by atoms with van der Waals surface area (Å²) >= 11 is 1.46. The van der Waals surface area contributed by atoms with E-state index in [1.54, 1.807) is 26.2 Å². The lowest BCUT2D eigenvalue weighted by Gasteiger charge is -2.19. The first kappa shape index (κ1) is 14.9. The average Bonchev–Trinajstić information content (AvgIpc) is 2.91. The highest BCUT2D eigenvalue weighted by molar-refractivity contribution is 7.10. The first-order valence-corrected chi connectivity index (χ1v) is 7.27. The molecule has 108 valence electrons. The number of aryl methyl sites for hydroxylation is 1. The van der Waals surface area contributed by atoms with Gasteiger partial charge in [-0.05, 0) is 30.5 Å². The molecule has 2 nitrogen and oxygen atoms in total. The van der Waals surface area contributed by atoms with E-state index in [4.69, 9.17) is 4.74 Å². The third-order valence-corrected chi connectivity index (χ3v) is 4.13. The number of halogens is 2. The van der Waals surface area contributed by atoms with Crippen LogP contribution < -0.4 is 10.1 Å². The van der Waals surface area contributed by atoms with E-state index in [0.717, 1.165) is 4.88 Å². The van der Waals surface area contributed by atoms with Crippen LogP contribution in [0.15, 0.2) is 23.6 Å². The topological polar surface area (TPSA) is 21.3 Å². The van der Waals surface area contributed by atoms with Crippen LogP contribution >= 0.6 is 11.3 Å². The Labute approximate surface area is 121 Å². The van der Waals surface area contributed by atoms with Crippen LogP contribution in [0, 0.1) is 18.6 Å². The minimum Gasteiger partial charge on any atom is -0.496 e. The number of methoxy groups -OCH3 is 1. The molecule has 1 unspecified atom stereocenters. The molecule has 0 aliphatic heterocycles. The van der Waals surface area contributed by atoms with Gasteiger partial charge in [0, 0.05) is 5.56 Å². The van der Waals surface area contributed by atoms with Gasteiger partial charge < -0.3 is 10.1 Å². The molecule has 1 N–H and O–H groups in total. The summed E-state index contributed by atoms with van der Waals surface area (Å²) in [5, 5.41) is 5.06. The SMILES string of the molecule is CCNC(c1ccc(C)c(F)c1F)c1sccc1OC. The maximum atomic E-state index is 14.2. The van der Waals surface area contributed by atoms with Gasteiger partial charge in [0.15, 0.2) is 11.6 Å². The highest BCUT2D eigenvalue weighted by Gasteiger charge is 2.24. The van der Waals surface area contributed by atoms with Crippen molar-refractivity contribution in [2.24, 2.45) is 0 Å². The fourth-order valence-corrected chi connectivity index (χ4v) is 3.07. The summed E-state index contributed by atoms with van der Waals surface area (Å²) in [6.07, 6.45) is 0. The van der Waals surface area contributed by atoms with Crippen LogP contribution in [0.25, 0.3) is 0 Å². The quantitative estimate of drug-likeness (QED) is 0.899. The maximum absolute atomic E-state index is 14.2. The van der Waals surface area contributed by atoms with Gasteiger partial charge in [0.1, 0.15) is 5.75 Å². The Morgan fingerprint density at radius 1 is 1.25 bits per heavy atom. The zero-order valence-corrected chi connectivity index (χ0v) is 12.5. The largest absolute Gasteiger partial charge is 0.496 e. The second kappa shape index (κ2) is 6.33. The molecule has 0 radical (unpaired) electrons. The second-order valence-corrected chi connectivity index (χ2v) is 5.39. The van der Waals surface area contributed by atoms with Gasteiger partial charge in [-0.15, -0.1) is 11.3 Å². The summed E-state index contributed by atoms with van der Waals surface area (Å²) in [4.78, 5) is 0.844. The van der Waals surface area contributed by atoms with Crippen molar-refractivity contribution in [1.29, 1.82) is 0 Å². The molecule has 0 amide bonds. The van der Waals surface area contributed by atoms with E-state index < -0.39 is 17.7 Å². The number of nitrogens with one attached hydrogen (secondary N) is 1. The van der Waals surface area contributed by atoms with E-state index in [2.05, 4.69) is 5.32 Å². The number of benzene rings is 1. The Morgan fingerprint density at radius 2 is 2.00 bits per heavy atom. The molecule has 20 heavy (non-hydrogen) atoms. The van der Waals surface area contributed by atoms with Crippen LogP contribution in [-0.2, 0) is 0 Å². The van der Waals surface area contributed by atoms with Crippen LogP contribution in [0.2, 0.25) is 0 Å². The van der Waals surface area contributed by atoms with Crippen molar-refractivity contribution in [1.82, 2.24) is 5.32 Å². The molecule has 0 spiro atoms. The Bertz CT molecular complexity index is 598. The number of hydrogen-bond donors (Lipinski definition) is 1. The minimum absolute atomic E-state index is 0.302. The Kier molecular flexibility index (Phi) is 4.73. The standard InChI is InChI=1S/C15H17F2NOS/c1-4-18-14(15-11(19-3)7-8-20-15)10-6-5-9(2)12(16)13(10)17/h5-8,14,18H,4H2,1-3H3. The van der Waals surface area contributed by atoms with Crippen molar-refractivity contribution in [2.75, 3.05) is 13.7 Å². The molecule has 1 aromatic carbocycles. The normalized spacial score (nSPS) is 12.4. The minimum atomic E-state index is -0.800. The van der Waals surface area contributed by atoms with E-state index in [-0.39, 0.29) is 0 Å². The number of thiophene rings is 1. The highest BCUT2D eigenvalue weighted by Crippen LogP contribution is 2.36.